The lowest BCUT2D eigenvalue weighted by atomic mass is 9.80. The first-order valence-electron chi connectivity index (χ1n) is 12.5. The number of fused-ring (bicyclic) bond motifs is 8. The summed E-state index contributed by atoms with van der Waals surface area (Å²) in [6, 6.07) is 40.8. The van der Waals surface area contributed by atoms with E-state index in [-0.39, 0.29) is 5.41 Å². The molecular formula is C35H24. The molecule has 0 spiro atoms. The van der Waals surface area contributed by atoms with Crippen molar-refractivity contribution < 1.29 is 0 Å². The zero-order chi connectivity index (χ0) is 23.3. The predicted molar refractivity (Wildman–Crippen MR) is 149 cm³/mol. The van der Waals surface area contributed by atoms with Gasteiger partial charge in [-0.2, -0.15) is 0 Å². The third-order valence-corrected chi connectivity index (χ3v) is 8.41. The molecule has 0 nitrogen and oxygen atoms in total. The Labute approximate surface area is 205 Å². The normalized spacial score (nSPS) is 14.2. The molecule has 0 fully saturated rings. The molecule has 0 saturated carbocycles. The Morgan fingerprint density at radius 1 is 0.429 bits per heavy atom. The van der Waals surface area contributed by atoms with Gasteiger partial charge in [0.05, 0.1) is 0 Å². The summed E-state index contributed by atoms with van der Waals surface area (Å²) in [6.07, 6.45) is 0. The van der Waals surface area contributed by atoms with E-state index in [1.807, 2.05) is 0 Å². The largest absolute Gasteiger partial charge is 0.0619 e. The van der Waals surface area contributed by atoms with Gasteiger partial charge in [0.1, 0.15) is 0 Å². The Morgan fingerprint density at radius 3 is 1.86 bits per heavy atom. The molecule has 0 aromatic heterocycles. The van der Waals surface area contributed by atoms with E-state index in [2.05, 4.69) is 123 Å². The minimum Gasteiger partial charge on any atom is -0.0619 e. The van der Waals surface area contributed by atoms with E-state index in [1.165, 1.54) is 77.2 Å². The van der Waals surface area contributed by atoms with Crippen molar-refractivity contribution in [1.29, 1.82) is 0 Å². The van der Waals surface area contributed by atoms with E-state index in [0.717, 1.165) is 0 Å². The highest BCUT2D eigenvalue weighted by atomic mass is 14.4. The molecule has 2 aliphatic carbocycles. The Bertz CT molecular complexity index is 1870. The number of rotatable bonds is 1. The summed E-state index contributed by atoms with van der Waals surface area (Å²) < 4.78 is 0. The van der Waals surface area contributed by atoms with Gasteiger partial charge in [-0.15, -0.1) is 0 Å². The minimum atomic E-state index is -0.0111. The van der Waals surface area contributed by atoms with Crippen LogP contribution in [0.15, 0.2) is 109 Å². The van der Waals surface area contributed by atoms with E-state index in [4.69, 9.17) is 0 Å². The molecule has 0 atom stereocenters. The second kappa shape index (κ2) is 6.49. The fraction of sp³-hybridized carbons (Fsp3) is 0.0857. The van der Waals surface area contributed by atoms with Crippen molar-refractivity contribution >= 4 is 21.5 Å². The third-order valence-electron chi connectivity index (χ3n) is 8.41. The van der Waals surface area contributed by atoms with Crippen molar-refractivity contribution in [3.05, 3.63) is 120 Å². The summed E-state index contributed by atoms with van der Waals surface area (Å²) in [5.74, 6) is 0. The molecule has 0 radical (unpaired) electrons. The number of hydrogen-bond acceptors (Lipinski definition) is 0. The first-order chi connectivity index (χ1) is 17.1. The molecule has 0 saturated heterocycles. The minimum absolute atomic E-state index is 0.0111. The van der Waals surface area contributed by atoms with Crippen LogP contribution in [0.25, 0.3) is 66.1 Å². The SMILES string of the molecule is CC1(C)c2ccccc2-c2ccc(-c3c4ccccc4c4c5c(cccc35)-c3ccccc3-4)cc21. The van der Waals surface area contributed by atoms with Crippen molar-refractivity contribution in [2.75, 3.05) is 0 Å². The number of hydrogen-bond donors (Lipinski definition) is 0. The molecule has 0 heterocycles. The van der Waals surface area contributed by atoms with Crippen LogP contribution in [0.2, 0.25) is 0 Å². The highest BCUT2D eigenvalue weighted by Gasteiger charge is 2.35. The topological polar surface area (TPSA) is 0 Å². The molecule has 35 heavy (non-hydrogen) atoms. The van der Waals surface area contributed by atoms with Gasteiger partial charge in [0.25, 0.3) is 0 Å². The van der Waals surface area contributed by atoms with Crippen molar-refractivity contribution in [1.82, 2.24) is 0 Å². The first kappa shape index (κ1) is 19.2. The number of benzene rings is 6. The monoisotopic (exact) mass is 444 g/mol. The molecule has 0 heteroatoms. The average molecular weight is 445 g/mol. The summed E-state index contributed by atoms with van der Waals surface area (Å²) in [5.41, 5.74) is 13.7. The fourth-order valence-corrected chi connectivity index (χ4v) is 6.84. The maximum Gasteiger partial charge on any atom is 0.0159 e. The lowest BCUT2D eigenvalue weighted by Crippen LogP contribution is -2.14. The van der Waals surface area contributed by atoms with E-state index in [1.54, 1.807) is 0 Å². The Hall–Kier alpha value is -4.16. The third kappa shape index (κ3) is 2.32. The Kier molecular flexibility index (Phi) is 3.56. The molecule has 6 aromatic carbocycles. The average Bonchev–Trinajstić information content (AvgIpc) is 3.35. The second-order valence-corrected chi connectivity index (χ2v) is 10.5. The molecule has 8 rings (SSSR count). The fourth-order valence-electron chi connectivity index (χ4n) is 6.84. The summed E-state index contributed by atoms with van der Waals surface area (Å²) in [5, 5.41) is 5.42. The zero-order valence-corrected chi connectivity index (χ0v) is 19.9. The van der Waals surface area contributed by atoms with E-state index >= 15 is 0 Å². The molecule has 0 N–H and O–H groups in total. The zero-order valence-electron chi connectivity index (χ0n) is 19.9. The van der Waals surface area contributed by atoms with Gasteiger partial charge in [-0.25, -0.2) is 0 Å². The molecule has 0 unspecified atom stereocenters. The molecule has 2 aliphatic rings. The van der Waals surface area contributed by atoms with Crippen LogP contribution in [-0.4, -0.2) is 0 Å². The maximum atomic E-state index is 2.47. The molecule has 6 aromatic rings. The first-order valence-corrected chi connectivity index (χ1v) is 12.5. The van der Waals surface area contributed by atoms with E-state index in [0.29, 0.717) is 0 Å². The summed E-state index contributed by atoms with van der Waals surface area (Å²) in [7, 11) is 0. The molecule has 0 aliphatic heterocycles. The second-order valence-electron chi connectivity index (χ2n) is 10.5. The van der Waals surface area contributed by atoms with Crippen LogP contribution >= 0.6 is 0 Å². The van der Waals surface area contributed by atoms with Crippen LogP contribution in [0.3, 0.4) is 0 Å². The van der Waals surface area contributed by atoms with Crippen LogP contribution in [0.5, 0.6) is 0 Å². The standard InChI is InChI=1S/C35H24/c1-35(2)30-17-8-7-11-23(30)24-19-18-21(20-31(24)35)32-27-13-5-6-14-28(27)33-25-12-4-3-10-22(25)26-15-9-16-29(32)34(26)33/h3-20H,1-2H3. The van der Waals surface area contributed by atoms with Gasteiger partial charge in [0.15, 0.2) is 0 Å². The van der Waals surface area contributed by atoms with Crippen LogP contribution in [-0.2, 0) is 5.41 Å². The smallest absolute Gasteiger partial charge is 0.0159 e. The van der Waals surface area contributed by atoms with Crippen LogP contribution in [0, 0.1) is 0 Å². The predicted octanol–water partition coefficient (Wildman–Crippen LogP) is 9.61. The molecule has 0 amide bonds. The van der Waals surface area contributed by atoms with Gasteiger partial charge in [0, 0.05) is 5.41 Å². The highest BCUT2D eigenvalue weighted by Crippen LogP contribution is 2.55. The maximum absolute atomic E-state index is 2.47. The van der Waals surface area contributed by atoms with Gasteiger partial charge < -0.3 is 0 Å². The van der Waals surface area contributed by atoms with E-state index < -0.39 is 0 Å². The van der Waals surface area contributed by atoms with Crippen molar-refractivity contribution in [3.63, 3.8) is 0 Å². The summed E-state index contributed by atoms with van der Waals surface area (Å²) in [4.78, 5) is 0. The van der Waals surface area contributed by atoms with Crippen LogP contribution in [0.1, 0.15) is 25.0 Å². The van der Waals surface area contributed by atoms with Crippen LogP contribution in [0.4, 0.5) is 0 Å². The summed E-state index contributed by atoms with van der Waals surface area (Å²) >= 11 is 0. The Morgan fingerprint density at radius 2 is 1.03 bits per heavy atom. The van der Waals surface area contributed by atoms with Gasteiger partial charge in [0.2, 0.25) is 0 Å². The van der Waals surface area contributed by atoms with E-state index in [9.17, 15) is 0 Å². The molecule has 164 valence electrons. The van der Waals surface area contributed by atoms with Crippen LogP contribution < -0.4 is 0 Å². The van der Waals surface area contributed by atoms with Crippen molar-refractivity contribution in [3.8, 4) is 44.5 Å². The highest BCUT2D eigenvalue weighted by molar-refractivity contribution is 6.29. The van der Waals surface area contributed by atoms with Gasteiger partial charge in [-0.1, -0.05) is 117 Å². The summed E-state index contributed by atoms with van der Waals surface area (Å²) in [6.45, 7) is 4.73. The molecule has 0 bridgehead atoms. The van der Waals surface area contributed by atoms with Gasteiger partial charge in [-0.05, 0) is 83.2 Å². The van der Waals surface area contributed by atoms with Crippen molar-refractivity contribution in [2.24, 2.45) is 0 Å². The lowest BCUT2D eigenvalue weighted by molar-refractivity contribution is 0.660. The lowest BCUT2D eigenvalue weighted by Gasteiger charge is -2.22. The Balaban J connectivity index is 1.50. The van der Waals surface area contributed by atoms with Gasteiger partial charge >= 0.3 is 0 Å². The molecular weight excluding hydrogens is 420 g/mol. The van der Waals surface area contributed by atoms with Crippen molar-refractivity contribution in [2.45, 2.75) is 19.3 Å². The quantitative estimate of drug-likeness (QED) is 0.221. The van der Waals surface area contributed by atoms with Gasteiger partial charge in [-0.3, -0.25) is 0 Å².